The summed E-state index contributed by atoms with van der Waals surface area (Å²) in [5.74, 6) is 0.204. The van der Waals surface area contributed by atoms with Crippen LogP contribution in [0.5, 0.6) is 5.75 Å². The van der Waals surface area contributed by atoms with Gasteiger partial charge in [-0.1, -0.05) is 12.1 Å². The predicted molar refractivity (Wildman–Crippen MR) is 74.8 cm³/mol. The number of rotatable bonds is 5. The fourth-order valence-corrected chi connectivity index (χ4v) is 2.74. The Morgan fingerprint density at radius 3 is 2.35 bits per heavy atom. The van der Waals surface area contributed by atoms with E-state index in [1.807, 2.05) is 12.1 Å². The third kappa shape index (κ3) is 4.42. The van der Waals surface area contributed by atoms with Crippen molar-refractivity contribution in [3.63, 3.8) is 0 Å². The summed E-state index contributed by atoms with van der Waals surface area (Å²) in [4.78, 5) is 2.31. The number of hydrogen-bond donors (Lipinski definition) is 1. The molecule has 0 saturated heterocycles. The average molecular weight is 284 g/mol. The van der Waals surface area contributed by atoms with Gasteiger partial charge in [-0.15, -0.1) is 0 Å². The van der Waals surface area contributed by atoms with Crippen LogP contribution in [-0.2, 0) is 6.54 Å². The zero-order chi connectivity index (χ0) is 14.5. The van der Waals surface area contributed by atoms with Crippen LogP contribution in [0.15, 0.2) is 24.3 Å². The molecule has 1 fully saturated rings. The Morgan fingerprint density at radius 2 is 1.80 bits per heavy atom. The minimum Gasteiger partial charge on any atom is -0.435 e. The molecule has 5 heteroatoms. The Hall–Kier alpha value is -1.20. The second-order valence-electron chi connectivity index (χ2n) is 5.51. The van der Waals surface area contributed by atoms with E-state index in [0.717, 1.165) is 37.8 Å². The molecule has 0 aliphatic heterocycles. The lowest BCUT2D eigenvalue weighted by molar-refractivity contribution is -0.0498. The fraction of sp³-hybridized carbons (Fsp3) is 0.600. The average Bonchev–Trinajstić information content (AvgIpc) is 2.41. The van der Waals surface area contributed by atoms with Crippen molar-refractivity contribution in [3.8, 4) is 5.75 Å². The highest BCUT2D eigenvalue weighted by Gasteiger charge is 2.21. The zero-order valence-electron chi connectivity index (χ0n) is 11.8. The van der Waals surface area contributed by atoms with Crippen molar-refractivity contribution in [2.24, 2.45) is 5.73 Å². The van der Waals surface area contributed by atoms with Crippen molar-refractivity contribution >= 4 is 0 Å². The molecule has 20 heavy (non-hydrogen) atoms. The van der Waals surface area contributed by atoms with Gasteiger partial charge in [0.15, 0.2) is 0 Å². The first-order chi connectivity index (χ1) is 9.54. The van der Waals surface area contributed by atoms with Crippen LogP contribution in [0.3, 0.4) is 0 Å². The van der Waals surface area contributed by atoms with Gasteiger partial charge in [0.1, 0.15) is 5.75 Å². The lowest BCUT2D eigenvalue weighted by Crippen LogP contribution is -2.38. The smallest absolute Gasteiger partial charge is 0.387 e. The maximum absolute atomic E-state index is 12.1. The van der Waals surface area contributed by atoms with Gasteiger partial charge in [0.05, 0.1) is 0 Å². The summed E-state index contributed by atoms with van der Waals surface area (Å²) in [6.45, 7) is -1.95. The molecule has 0 bridgehead atoms. The Balaban J connectivity index is 1.86. The topological polar surface area (TPSA) is 38.5 Å². The van der Waals surface area contributed by atoms with E-state index in [1.165, 1.54) is 0 Å². The Morgan fingerprint density at radius 1 is 1.20 bits per heavy atom. The van der Waals surface area contributed by atoms with Crippen LogP contribution in [0.2, 0.25) is 0 Å². The lowest BCUT2D eigenvalue weighted by Gasteiger charge is -2.33. The first-order valence-electron chi connectivity index (χ1n) is 7.04. The fourth-order valence-electron chi connectivity index (χ4n) is 2.74. The third-order valence-electron chi connectivity index (χ3n) is 3.95. The molecular formula is C15H22F2N2O. The molecular weight excluding hydrogens is 262 g/mol. The first kappa shape index (κ1) is 15.2. The van der Waals surface area contributed by atoms with Crippen molar-refractivity contribution in [2.45, 2.75) is 50.9 Å². The monoisotopic (exact) mass is 284 g/mol. The normalized spacial score (nSPS) is 23.3. The number of alkyl halides is 2. The highest BCUT2D eigenvalue weighted by atomic mass is 19.3. The summed E-state index contributed by atoms with van der Waals surface area (Å²) in [6, 6.07) is 7.77. The molecule has 3 nitrogen and oxygen atoms in total. The van der Waals surface area contributed by atoms with Crippen LogP contribution < -0.4 is 10.5 Å². The molecule has 1 aliphatic carbocycles. The van der Waals surface area contributed by atoms with E-state index in [4.69, 9.17) is 5.73 Å². The summed E-state index contributed by atoms with van der Waals surface area (Å²) in [6.07, 6.45) is 4.42. The summed E-state index contributed by atoms with van der Waals surface area (Å²) < 4.78 is 28.5. The molecule has 1 aromatic rings. The van der Waals surface area contributed by atoms with Crippen LogP contribution in [-0.4, -0.2) is 30.6 Å². The number of ether oxygens (including phenoxy) is 1. The van der Waals surface area contributed by atoms with Gasteiger partial charge in [-0.2, -0.15) is 8.78 Å². The predicted octanol–water partition coefficient (Wildman–Crippen LogP) is 2.99. The van der Waals surface area contributed by atoms with Crippen LogP contribution in [0, 0.1) is 0 Å². The number of benzene rings is 1. The number of nitrogens with zero attached hydrogens (tertiary/aromatic N) is 1. The Kier molecular flexibility index (Phi) is 5.31. The van der Waals surface area contributed by atoms with Gasteiger partial charge >= 0.3 is 6.61 Å². The van der Waals surface area contributed by atoms with E-state index >= 15 is 0 Å². The highest BCUT2D eigenvalue weighted by Crippen LogP contribution is 2.23. The van der Waals surface area contributed by atoms with Crippen LogP contribution in [0.25, 0.3) is 0 Å². The SMILES string of the molecule is CN(Cc1ccc(OC(F)F)cc1)C1CCC(N)CC1. The van der Waals surface area contributed by atoms with E-state index in [1.54, 1.807) is 12.1 Å². The maximum Gasteiger partial charge on any atom is 0.387 e. The summed E-state index contributed by atoms with van der Waals surface area (Å²) in [7, 11) is 2.10. The molecule has 1 saturated carbocycles. The Labute approximate surface area is 118 Å². The summed E-state index contributed by atoms with van der Waals surface area (Å²) >= 11 is 0. The standard InChI is InChI=1S/C15H22F2N2O/c1-19(13-6-4-12(18)5-7-13)10-11-2-8-14(9-3-11)20-15(16)17/h2-3,8-9,12-13,15H,4-7,10,18H2,1H3. The molecule has 0 amide bonds. The van der Waals surface area contributed by atoms with Crippen molar-refractivity contribution in [3.05, 3.63) is 29.8 Å². The molecule has 0 aromatic heterocycles. The molecule has 2 rings (SSSR count). The zero-order valence-corrected chi connectivity index (χ0v) is 11.8. The van der Waals surface area contributed by atoms with Crippen molar-refractivity contribution in [2.75, 3.05) is 7.05 Å². The number of nitrogens with two attached hydrogens (primary N) is 1. The second kappa shape index (κ2) is 6.99. The quantitative estimate of drug-likeness (QED) is 0.903. The summed E-state index contributed by atoms with van der Waals surface area (Å²) in [5.41, 5.74) is 7.01. The molecule has 1 aromatic carbocycles. The van der Waals surface area contributed by atoms with E-state index in [9.17, 15) is 8.78 Å². The molecule has 0 atom stereocenters. The molecule has 112 valence electrons. The molecule has 0 spiro atoms. The van der Waals surface area contributed by atoms with Gasteiger partial charge in [-0.25, -0.2) is 0 Å². The maximum atomic E-state index is 12.1. The number of hydrogen-bond acceptors (Lipinski definition) is 3. The molecule has 0 unspecified atom stereocenters. The second-order valence-corrected chi connectivity index (χ2v) is 5.51. The van der Waals surface area contributed by atoms with Crippen molar-refractivity contribution in [1.29, 1.82) is 0 Å². The van der Waals surface area contributed by atoms with Crippen LogP contribution in [0.1, 0.15) is 31.2 Å². The van der Waals surface area contributed by atoms with Gasteiger partial charge in [0.25, 0.3) is 0 Å². The van der Waals surface area contributed by atoms with Gasteiger partial charge < -0.3 is 10.5 Å². The van der Waals surface area contributed by atoms with E-state index in [0.29, 0.717) is 12.1 Å². The van der Waals surface area contributed by atoms with Gasteiger partial charge in [-0.05, 0) is 50.4 Å². The minimum atomic E-state index is -2.77. The Bertz CT molecular complexity index is 403. The van der Waals surface area contributed by atoms with E-state index < -0.39 is 6.61 Å². The van der Waals surface area contributed by atoms with Gasteiger partial charge in [0, 0.05) is 18.6 Å². The minimum absolute atomic E-state index is 0.204. The third-order valence-corrected chi connectivity index (χ3v) is 3.95. The van der Waals surface area contributed by atoms with E-state index in [2.05, 4.69) is 16.7 Å². The van der Waals surface area contributed by atoms with Crippen molar-refractivity contribution in [1.82, 2.24) is 4.90 Å². The lowest BCUT2D eigenvalue weighted by atomic mass is 9.91. The van der Waals surface area contributed by atoms with Crippen LogP contribution in [0.4, 0.5) is 8.78 Å². The van der Waals surface area contributed by atoms with Crippen LogP contribution >= 0.6 is 0 Å². The first-order valence-corrected chi connectivity index (χ1v) is 7.04. The van der Waals surface area contributed by atoms with Gasteiger partial charge in [-0.3, -0.25) is 4.90 Å². The van der Waals surface area contributed by atoms with Gasteiger partial charge in [0.2, 0.25) is 0 Å². The summed E-state index contributed by atoms with van der Waals surface area (Å²) in [5, 5.41) is 0. The molecule has 2 N–H and O–H groups in total. The largest absolute Gasteiger partial charge is 0.435 e. The molecule has 1 aliphatic rings. The van der Waals surface area contributed by atoms with E-state index in [-0.39, 0.29) is 5.75 Å². The molecule has 0 heterocycles. The number of halogens is 2. The highest BCUT2D eigenvalue weighted by molar-refractivity contribution is 5.27. The van der Waals surface area contributed by atoms with Crippen molar-refractivity contribution < 1.29 is 13.5 Å². The molecule has 0 radical (unpaired) electrons.